The van der Waals surface area contributed by atoms with E-state index >= 15 is 0 Å². The molecule has 0 bridgehead atoms. The molecule has 21 heavy (non-hydrogen) atoms. The van der Waals surface area contributed by atoms with Gasteiger partial charge < -0.3 is 0 Å². The van der Waals surface area contributed by atoms with E-state index in [1.807, 2.05) is 61.5 Å². The Morgan fingerprint density at radius 1 is 0.857 bits per heavy atom. The molecule has 1 heterocycles. The topological polar surface area (TPSA) is 25.8 Å². The summed E-state index contributed by atoms with van der Waals surface area (Å²) in [7, 11) is 0. The van der Waals surface area contributed by atoms with Crippen molar-refractivity contribution in [2.24, 2.45) is 0 Å². The molecule has 0 radical (unpaired) electrons. The minimum atomic E-state index is 0.775. The van der Waals surface area contributed by atoms with Gasteiger partial charge in [-0.2, -0.15) is 10.2 Å². The molecule has 0 saturated carbocycles. The zero-order valence-electron chi connectivity index (χ0n) is 16.3. The van der Waals surface area contributed by atoms with Crippen LogP contribution in [0.2, 0.25) is 0 Å². The first-order chi connectivity index (χ1) is 10.3. The Labute approximate surface area is 135 Å². The molecule has 0 atom stereocenters. The van der Waals surface area contributed by atoms with Crippen molar-refractivity contribution in [1.82, 2.24) is 10.2 Å². The minimum absolute atomic E-state index is 0.775. The fourth-order valence-electron chi connectivity index (χ4n) is 0.684. The first-order valence-corrected chi connectivity index (χ1v) is 8.36. The molecule has 2 nitrogen and oxygen atoms in total. The van der Waals surface area contributed by atoms with Crippen LogP contribution in [-0.4, -0.2) is 10.2 Å². The number of hydrogen-bond donors (Lipinski definition) is 0. The average Bonchev–Trinajstić information content (AvgIpc) is 2.62. The van der Waals surface area contributed by atoms with Gasteiger partial charge in [-0.15, -0.1) is 0 Å². The first kappa shape index (κ1) is 31.8. The molecule has 126 valence electrons. The summed E-state index contributed by atoms with van der Waals surface area (Å²) >= 11 is 0. The van der Waals surface area contributed by atoms with Crippen LogP contribution >= 0.6 is 0 Å². The van der Waals surface area contributed by atoms with Crippen LogP contribution in [0.3, 0.4) is 0 Å². The number of aromatic nitrogens is 2. The molecule has 1 rings (SSSR count). The predicted octanol–water partition coefficient (Wildman–Crippen LogP) is 7.28. The van der Waals surface area contributed by atoms with E-state index in [0.717, 1.165) is 11.3 Å². The summed E-state index contributed by atoms with van der Waals surface area (Å²) in [6, 6.07) is 1.84. The van der Waals surface area contributed by atoms with Crippen LogP contribution in [0.25, 0.3) is 12.2 Å². The lowest BCUT2D eigenvalue weighted by atomic mass is 10.2. The predicted molar refractivity (Wildman–Crippen MR) is 104 cm³/mol. The van der Waals surface area contributed by atoms with Crippen molar-refractivity contribution < 1.29 is 0 Å². The zero-order chi connectivity index (χ0) is 18.1. The van der Waals surface area contributed by atoms with Gasteiger partial charge >= 0.3 is 0 Å². The zero-order valence-corrected chi connectivity index (χ0v) is 16.3. The van der Waals surface area contributed by atoms with Gasteiger partial charge in [0.05, 0.1) is 11.9 Å². The van der Waals surface area contributed by atoms with Crippen LogP contribution in [0.1, 0.15) is 86.9 Å². The lowest BCUT2D eigenvalue weighted by molar-refractivity contribution is 1.01. The van der Waals surface area contributed by atoms with Gasteiger partial charge in [-0.3, -0.25) is 0 Å². The molecule has 0 amide bonds. The van der Waals surface area contributed by atoms with E-state index in [1.165, 1.54) is 6.42 Å². The third-order valence-corrected chi connectivity index (χ3v) is 1.20. The van der Waals surface area contributed by atoms with Crippen molar-refractivity contribution in [3.05, 3.63) is 36.7 Å². The number of nitrogens with zero attached hydrogens (tertiary/aromatic N) is 2. The maximum atomic E-state index is 3.83. The third-order valence-electron chi connectivity index (χ3n) is 1.20. The van der Waals surface area contributed by atoms with E-state index in [4.69, 9.17) is 0 Å². The van der Waals surface area contributed by atoms with Gasteiger partial charge in [-0.1, -0.05) is 94.9 Å². The Morgan fingerprint density at radius 3 is 1.48 bits per heavy atom. The Morgan fingerprint density at radius 2 is 1.24 bits per heavy atom. The Balaban J connectivity index is -0.0000000656. The fraction of sp³-hybridized carbons (Fsp3) is 0.579. The lowest BCUT2D eigenvalue weighted by Crippen LogP contribution is -1.87. The lowest BCUT2D eigenvalue weighted by Gasteiger charge is -1.94. The van der Waals surface area contributed by atoms with Crippen molar-refractivity contribution in [2.45, 2.75) is 75.7 Å². The second kappa shape index (κ2) is 42.8. The Bertz CT molecular complexity index is 241. The van der Waals surface area contributed by atoms with Gasteiger partial charge in [0, 0.05) is 5.56 Å². The Hall–Kier alpha value is -1.44. The third kappa shape index (κ3) is 27.7. The molecule has 1 aromatic rings. The molecular weight excluding hydrogens is 256 g/mol. The van der Waals surface area contributed by atoms with Gasteiger partial charge in [-0.25, -0.2) is 0 Å². The van der Waals surface area contributed by atoms with E-state index in [1.54, 1.807) is 18.3 Å². The molecule has 0 spiro atoms. The molecule has 0 aliphatic heterocycles. The highest BCUT2D eigenvalue weighted by Gasteiger charge is 1.92. The molecule has 2 heteroatoms. The van der Waals surface area contributed by atoms with Gasteiger partial charge in [0.2, 0.25) is 0 Å². The van der Waals surface area contributed by atoms with E-state index in [9.17, 15) is 0 Å². The summed E-state index contributed by atoms with van der Waals surface area (Å²) in [6.07, 6.45) is 6.26. The largest absolute Gasteiger partial charge is 0.159 e. The molecule has 0 aromatic carbocycles. The SMILES string of the molecule is C=Cc1ccnnc1C=C.CC.CC.CC.CC.CCC. The number of hydrogen-bond acceptors (Lipinski definition) is 2. The van der Waals surface area contributed by atoms with Gasteiger partial charge in [-0.05, 0) is 12.1 Å². The molecule has 0 aliphatic carbocycles. The van der Waals surface area contributed by atoms with Gasteiger partial charge in [0.1, 0.15) is 0 Å². The molecule has 0 unspecified atom stereocenters. The van der Waals surface area contributed by atoms with Gasteiger partial charge in [0.15, 0.2) is 0 Å². The molecule has 1 aromatic heterocycles. The fourth-order valence-corrected chi connectivity index (χ4v) is 0.684. The van der Waals surface area contributed by atoms with Crippen molar-refractivity contribution in [1.29, 1.82) is 0 Å². The molecular formula is C19H40N2. The van der Waals surface area contributed by atoms with Crippen LogP contribution in [-0.2, 0) is 0 Å². The minimum Gasteiger partial charge on any atom is -0.159 e. The highest BCUT2D eigenvalue weighted by molar-refractivity contribution is 5.59. The maximum absolute atomic E-state index is 3.83. The number of rotatable bonds is 2. The molecule has 0 aliphatic rings. The maximum Gasteiger partial charge on any atom is 0.0923 e. The van der Waals surface area contributed by atoms with Crippen molar-refractivity contribution in [3.63, 3.8) is 0 Å². The normalized spacial score (nSPS) is 6.19. The monoisotopic (exact) mass is 296 g/mol. The smallest absolute Gasteiger partial charge is 0.0923 e. The first-order valence-electron chi connectivity index (χ1n) is 8.36. The van der Waals surface area contributed by atoms with Crippen LogP contribution in [0.15, 0.2) is 25.4 Å². The summed E-state index contributed by atoms with van der Waals surface area (Å²) in [5, 5.41) is 7.52. The highest BCUT2D eigenvalue weighted by atomic mass is 15.1. The van der Waals surface area contributed by atoms with E-state index in [-0.39, 0.29) is 0 Å². The molecule has 0 saturated heterocycles. The van der Waals surface area contributed by atoms with Crippen LogP contribution in [0.5, 0.6) is 0 Å². The summed E-state index contributed by atoms with van der Waals surface area (Å²) in [6.45, 7) is 27.5. The summed E-state index contributed by atoms with van der Waals surface area (Å²) < 4.78 is 0. The average molecular weight is 297 g/mol. The van der Waals surface area contributed by atoms with Crippen LogP contribution in [0, 0.1) is 0 Å². The van der Waals surface area contributed by atoms with Crippen molar-refractivity contribution >= 4 is 12.2 Å². The van der Waals surface area contributed by atoms with E-state index < -0.39 is 0 Å². The van der Waals surface area contributed by atoms with E-state index in [2.05, 4.69) is 37.2 Å². The Kier molecular flexibility index (Phi) is 64.8. The van der Waals surface area contributed by atoms with Crippen molar-refractivity contribution in [2.75, 3.05) is 0 Å². The summed E-state index contributed by atoms with van der Waals surface area (Å²) in [5.74, 6) is 0. The molecule has 0 fully saturated rings. The van der Waals surface area contributed by atoms with Crippen LogP contribution < -0.4 is 0 Å². The highest BCUT2D eigenvalue weighted by Crippen LogP contribution is 2.05. The second-order valence-corrected chi connectivity index (χ2v) is 2.49. The van der Waals surface area contributed by atoms with Crippen molar-refractivity contribution in [3.8, 4) is 0 Å². The summed E-state index contributed by atoms with van der Waals surface area (Å²) in [5.41, 5.74) is 1.74. The molecule has 0 N–H and O–H groups in total. The quantitative estimate of drug-likeness (QED) is 0.573. The van der Waals surface area contributed by atoms with Crippen LogP contribution in [0.4, 0.5) is 0 Å². The van der Waals surface area contributed by atoms with E-state index in [0.29, 0.717) is 0 Å². The second-order valence-electron chi connectivity index (χ2n) is 2.49. The standard InChI is InChI=1S/C8H8N2.C3H8.4C2H6/c1-3-7-5-6-9-10-8(7)4-2;1-3-2;4*1-2/h3-6H,1-2H2;3H2,1-2H3;4*1-2H3. The summed E-state index contributed by atoms with van der Waals surface area (Å²) in [4.78, 5) is 0. The van der Waals surface area contributed by atoms with Gasteiger partial charge in [0.25, 0.3) is 0 Å².